The molecule has 0 radical (unpaired) electrons. The molecular formula is C23H28N2O4S. The molecule has 3 rings (SSSR count). The average Bonchev–Trinajstić information content (AvgIpc) is 2.79. The fourth-order valence-corrected chi connectivity index (χ4v) is 4.64. The van der Waals surface area contributed by atoms with E-state index in [0.29, 0.717) is 32.8 Å². The Balaban J connectivity index is 1.71. The highest BCUT2D eigenvalue weighted by molar-refractivity contribution is 7.89. The van der Waals surface area contributed by atoms with Crippen molar-refractivity contribution < 1.29 is 17.9 Å². The summed E-state index contributed by atoms with van der Waals surface area (Å²) in [5.74, 6) is -0.0975. The first-order valence-electron chi connectivity index (χ1n) is 10.2. The third-order valence-corrected chi connectivity index (χ3v) is 6.89. The number of para-hydroxylation sites is 1. The van der Waals surface area contributed by atoms with Crippen molar-refractivity contribution in [2.75, 3.05) is 37.7 Å². The van der Waals surface area contributed by atoms with Gasteiger partial charge < -0.3 is 9.64 Å². The summed E-state index contributed by atoms with van der Waals surface area (Å²) in [6.45, 7) is 4.31. The lowest BCUT2D eigenvalue weighted by atomic mass is 10.2. The van der Waals surface area contributed by atoms with Crippen molar-refractivity contribution in [2.24, 2.45) is 0 Å². The third-order valence-electron chi connectivity index (χ3n) is 4.98. The largest absolute Gasteiger partial charge is 0.379 e. The Morgan fingerprint density at radius 1 is 1.07 bits per heavy atom. The zero-order valence-electron chi connectivity index (χ0n) is 17.2. The number of carbonyl (C=O) groups is 1. The van der Waals surface area contributed by atoms with Crippen molar-refractivity contribution in [3.63, 3.8) is 0 Å². The first kappa shape index (κ1) is 22.2. The standard InChI is InChI=1S/C23H28N2O4S/c1-2-3-15-25(21-7-5-4-6-8-21)23(26)14-11-20-9-12-22(13-10-20)30(27,28)24-16-18-29-19-17-24/h4-14H,2-3,15-19H2,1H3/b14-11+. The van der Waals surface area contributed by atoms with Gasteiger partial charge in [0, 0.05) is 31.4 Å². The average molecular weight is 429 g/mol. The van der Waals surface area contributed by atoms with Gasteiger partial charge in [0.05, 0.1) is 18.1 Å². The van der Waals surface area contributed by atoms with Crippen molar-refractivity contribution >= 4 is 27.7 Å². The van der Waals surface area contributed by atoms with E-state index in [1.54, 1.807) is 35.2 Å². The Labute approximate surface area is 178 Å². The summed E-state index contributed by atoms with van der Waals surface area (Å²) < 4.78 is 32.1. The lowest BCUT2D eigenvalue weighted by Crippen LogP contribution is -2.40. The van der Waals surface area contributed by atoms with Gasteiger partial charge in [0.2, 0.25) is 10.0 Å². The molecule has 2 aromatic rings. The SMILES string of the molecule is CCCCN(C(=O)/C=C/c1ccc(S(=O)(=O)N2CCOCC2)cc1)c1ccccc1. The van der Waals surface area contributed by atoms with Crippen molar-refractivity contribution in [1.29, 1.82) is 0 Å². The first-order chi connectivity index (χ1) is 14.5. The number of sulfonamides is 1. The Morgan fingerprint density at radius 3 is 2.37 bits per heavy atom. The van der Waals surface area contributed by atoms with Crippen molar-refractivity contribution in [3.05, 3.63) is 66.2 Å². The highest BCUT2D eigenvalue weighted by atomic mass is 32.2. The number of hydrogen-bond acceptors (Lipinski definition) is 4. The maximum atomic E-state index is 12.8. The summed E-state index contributed by atoms with van der Waals surface area (Å²) in [7, 11) is -3.52. The van der Waals surface area contributed by atoms with E-state index in [1.807, 2.05) is 30.3 Å². The minimum Gasteiger partial charge on any atom is -0.379 e. The molecule has 1 fully saturated rings. The molecule has 1 amide bonds. The number of morpholine rings is 1. The number of benzene rings is 2. The van der Waals surface area contributed by atoms with E-state index >= 15 is 0 Å². The molecule has 30 heavy (non-hydrogen) atoms. The Morgan fingerprint density at radius 2 is 1.73 bits per heavy atom. The molecule has 0 spiro atoms. The predicted molar refractivity (Wildman–Crippen MR) is 119 cm³/mol. The molecule has 7 heteroatoms. The van der Waals surface area contributed by atoms with Crippen LogP contribution in [-0.4, -0.2) is 51.5 Å². The van der Waals surface area contributed by atoms with Crippen LogP contribution in [0.2, 0.25) is 0 Å². The topological polar surface area (TPSA) is 66.9 Å². The monoisotopic (exact) mass is 428 g/mol. The van der Waals surface area contributed by atoms with Crippen molar-refractivity contribution in [1.82, 2.24) is 4.31 Å². The number of unbranched alkanes of at least 4 members (excludes halogenated alkanes) is 1. The van der Waals surface area contributed by atoms with Gasteiger partial charge in [0.1, 0.15) is 0 Å². The van der Waals surface area contributed by atoms with E-state index in [9.17, 15) is 13.2 Å². The number of hydrogen-bond donors (Lipinski definition) is 0. The molecule has 0 bridgehead atoms. The molecule has 1 heterocycles. The quantitative estimate of drug-likeness (QED) is 0.603. The van der Waals surface area contributed by atoms with Crippen LogP contribution in [0, 0.1) is 0 Å². The first-order valence-corrected chi connectivity index (χ1v) is 11.7. The number of nitrogens with zero attached hydrogens (tertiary/aromatic N) is 2. The van der Waals surface area contributed by atoms with Gasteiger partial charge in [0.25, 0.3) is 5.91 Å². The second kappa shape index (κ2) is 10.5. The van der Waals surface area contributed by atoms with Gasteiger partial charge in [-0.25, -0.2) is 8.42 Å². The molecule has 1 aliphatic heterocycles. The van der Waals surface area contributed by atoms with Gasteiger partial charge >= 0.3 is 0 Å². The zero-order valence-corrected chi connectivity index (χ0v) is 18.1. The van der Waals surface area contributed by atoms with Crippen LogP contribution < -0.4 is 4.90 Å². The lowest BCUT2D eigenvalue weighted by Gasteiger charge is -2.26. The minimum atomic E-state index is -3.52. The highest BCUT2D eigenvalue weighted by Crippen LogP contribution is 2.19. The second-order valence-corrected chi connectivity index (χ2v) is 9.04. The highest BCUT2D eigenvalue weighted by Gasteiger charge is 2.26. The molecule has 1 aliphatic rings. The second-order valence-electron chi connectivity index (χ2n) is 7.10. The number of amides is 1. The van der Waals surface area contributed by atoms with E-state index in [0.717, 1.165) is 24.1 Å². The van der Waals surface area contributed by atoms with Gasteiger partial charge in [0.15, 0.2) is 0 Å². The summed E-state index contributed by atoms with van der Waals surface area (Å²) in [5.41, 5.74) is 1.64. The van der Waals surface area contributed by atoms with E-state index in [-0.39, 0.29) is 10.8 Å². The van der Waals surface area contributed by atoms with Crippen molar-refractivity contribution in [3.8, 4) is 0 Å². The van der Waals surface area contributed by atoms with Crippen LogP contribution in [0.1, 0.15) is 25.3 Å². The molecule has 0 atom stereocenters. The number of ether oxygens (including phenoxy) is 1. The molecule has 0 unspecified atom stereocenters. The molecule has 0 N–H and O–H groups in total. The molecule has 0 saturated carbocycles. The number of anilines is 1. The van der Waals surface area contributed by atoms with Gasteiger partial charge in [-0.05, 0) is 42.3 Å². The minimum absolute atomic E-state index is 0.0975. The molecule has 0 aromatic heterocycles. The Bertz CT molecular complexity index is 950. The summed E-state index contributed by atoms with van der Waals surface area (Å²) >= 11 is 0. The van der Waals surface area contributed by atoms with Crippen LogP contribution in [0.4, 0.5) is 5.69 Å². The fourth-order valence-electron chi connectivity index (χ4n) is 3.24. The Kier molecular flexibility index (Phi) is 7.79. The summed E-state index contributed by atoms with van der Waals surface area (Å²) in [5, 5.41) is 0. The van der Waals surface area contributed by atoms with Crippen LogP contribution in [-0.2, 0) is 19.6 Å². The molecule has 6 nitrogen and oxygen atoms in total. The third kappa shape index (κ3) is 5.56. The number of rotatable bonds is 8. The molecule has 2 aromatic carbocycles. The van der Waals surface area contributed by atoms with E-state index < -0.39 is 10.0 Å². The molecule has 0 aliphatic carbocycles. The van der Waals surface area contributed by atoms with Gasteiger partial charge in [-0.15, -0.1) is 0 Å². The summed E-state index contributed by atoms with van der Waals surface area (Å²) in [4.78, 5) is 14.8. The van der Waals surface area contributed by atoms with Crippen LogP contribution in [0.15, 0.2) is 65.6 Å². The van der Waals surface area contributed by atoms with Gasteiger partial charge in [-0.1, -0.05) is 43.7 Å². The smallest absolute Gasteiger partial charge is 0.250 e. The van der Waals surface area contributed by atoms with E-state index in [1.165, 1.54) is 10.4 Å². The lowest BCUT2D eigenvalue weighted by molar-refractivity contribution is -0.114. The maximum Gasteiger partial charge on any atom is 0.250 e. The van der Waals surface area contributed by atoms with Gasteiger partial charge in [-0.3, -0.25) is 4.79 Å². The van der Waals surface area contributed by atoms with Crippen LogP contribution in [0.25, 0.3) is 6.08 Å². The molecule has 160 valence electrons. The number of carbonyl (C=O) groups excluding carboxylic acids is 1. The van der Waals surface area contributed by atoms with Crippen LogP contribution >= 0.6 is 0 Å². The zero-order chi connectivity index (χ0) is 21.4. The van der Waals surface area contributed by atoms with Crippen LogP contribution in [0.3, 0.4) is 0 Å². The fraction of sp³-hybridized carbons (Fsp3) is 0.348. The molecule has 1 saturated heterocycles. The summed E-state index contributed by atoms with van der Waals surface area (Å²) in [6, 6.07) is 16.2. The Hall–Kier alpha value is -2.48. The van der Waals surface area contributed by atoms with E-state index in [2.05, 4.69) is 6.92 Å². The van der Waals surface area contributed by atoms with Gasteiger partial charge in [-0.2, -0.15) is 4.31 Å². The van der Waals surface area contributed by atoms with Crippen LogP contribution in [0.5, 0.6) is 0 Å². The summed E-state index contributed by atoms with van der Waals surface area (Å²) in [6.07, 6.45) is 5.17. The van der Waals surface area contributed by atoms with E-state index in [4.69, 9.17) is 4.74 Å². The van der Waals surface area contributed by atoms with Crippen molar-refractivity contribution in [2.45, 2.75) is 24.7 Å². The predicted octanol–water partition coefficient (Wildman–Crippen LogP) is 3.55. The molecular weight excluding hydrogens is 400 g/mol. The normalized spacial score (nSPS) is 15.4. The maximum absolute atomic E-state index is 12.8.